The zero-order valence-electron chi connectivity index (χ0n) is 14.7. The molecule has 2 N–H and O–H groups in total. The Bertz CT molecular complexity index is 975. The van der Waals surface area contributed by atoms with Crippen LogP contribution in [0, 0.1) is 12.7 Å². The fraction of sp³-hybridized carbons (Fsp3) is 0.250. The maximum Gasteiger partial charge on any atom is 0.325 e. The van der Waals surface area contributed by atoms with Gasteiger partial charge >= 0.3 is 6.03 Å². The lowest BCUT2D eigenvalue weighted by Gasteiger charge is -2.22. The third kappa shape index (κ3) is 2.75. The topological polar surface area (TPSA) is 78.5 Å². The standard InChI is InChI=1S/C20H18FN3O3/c1-12-10-14(21)6-7-16(12)22-17(25)11-24-18(26)20(23-19(24)27)9-8-13-4-2-3-5-15(13)20/h2-7,10H,8-9,11H2,1H3,(H,22,25)(H,23,27)/t20-/m0/s1. The van der Waals surface area contributed by atoms with Gasteiger partial charge in [-0.3, -0.25) is 14.5 Å². The van der Waals surface area contributed by atoms with E-state index in [-0.39, 0.29) is 0 Å². The molecule has 7 heteroatoms. The molecule has 27 heavy (non-hydrogen) atoms. The number of fused-ring (bicyclic) bond motifs is 2. The molecule has 0 bridgehead atoms. The number of halogens is 1. The fourth-order valence-electron chi connectivity index (χ4n) is 3.83. The van der Waals surface area contributed by atoms with Crippen molar-refractivity contribution in [1.29, 1.82) is 0 Å². The number of anilines is 1. The molecule has 6 nitrogen and oxygen atoms in total. The molecule has 0 unspecified atom stereocenters. The molecular formula is C20H18FN3O3. The predicted octanol–water partition coefficient (Wildman–Crippen LogP) is 2.47. The van der Waals surface area contributed by atoms with Crippen molar-refractivity contribution in [2.24, 2.45) is 0 Å². The van der Waals surface area contributed by atoms with E-state index in [1.807, 2.05) is 24.3 Å². The van der Waals surface area contributed by atoms with Gasteiger partial charge in [-0.25, -0.2) is 9.18 Å². The van der Waals surface area contributed by atoms with Crippen molar-refractivity contribution in [3.05, 3.63) is 65.0 Å². The van der Waals surface area contributed by atoms with Gasteiger partial charge < -0.3 is 10.6 Å². The number of carbonyl (C=O) groups excluding carboxylic acids is 3. The normalized spacial score (nSPS) is 20.7. The molecule has 2 aromatic carbocycles. The molecule has 1 saturated heterocycles. The van der Waals surface area contributed by atoms with E-state index in [1.165, 1.54) is 18.2 Å². The predicted molar refractivity (Wildman–Crippen MR) is 96.5 cm³/mol. The van der Waals surface area contributed by atoms with Crippen molar-refractivity contribution in [3.8, 4) is 0 Å². The number of hydrogen-bond donors (Lipinski definition) is 2. The number of amides is 4. The Morgan fingerprint density at radius 3 is 2.81 bits per heavy atom. The van der Waals surface area contributed by atoms with Crippen LogP contribution in [0.25, 0.3) is 0 Å². The molecular weight excluding hydrogens is 349 g/mol. The van der Waals surface area contributed by atoms with Crippen LogP contribution in [0.1, 0.15) is 23.1 Å². The number of rotatable bonds is 3. The number of aryl methyl sites for hydroxylation is 2. The van der Waals surface area contributed by atoms with E-state index in [0.717, 1.165) is 16.0 Å². The van der Waals surface area contributed by atoms with Crippen LogP contribution in [-0.2, 0) is 21.5 Å². The number of benzene rings is 2. The third-order valence-corrected chi connectivity index (χ3v) is 5.19. The van der Waals surface area contributed by atoms with Gasteiger partial charge in [0, 0.05) is 5.69 Å². The molecule has 4 rings (SSSR count). The van der Waals surface area contributed by atoms with Crippen molar-refractivity contribution < 1.29 is 18.8 Å². The first-order valence-electron chi connectivity index (χ1n) is 8.69. The van der Waals surface area contributed by atoms with E-state index in [9.17, 15) is 18.8 Å². The van der Waals surface area contributed by atoms with Gasteiger partial charge in [-0.2, -0.15) is 0 Å². The Kier molecular flexibility index (Phi) is 3.95. The van der Waals surface area contributed by atoms with Crippen LogP contribution < -0.4 is 10.6 Å². The van der Waals surface area contributed by atoms with E-state index >= 15 is 0 Å². The lowest BCUT2D eigenvalue weighted by atomic mass is 9.92. The first-order chi connectivity index (χ1) is 12.9. The smallest absolute Gasteiger partial charge is 0.324 e. The minimum atomic E-state index is -1.08. The monoisotopic (exact) mass is 367 g/mol. The number of carbonyl (C=O) groups is 3. The second-order valence-electron chi connectivity index (χ2n) is 6.89. The Balaban J connectivity index is 1.53. The highest BCUT2D eigenvalue weighted by atomic mass is 19.1. The van der Waals surface area contributed by atoms with E-state index < -0.39 is 35.7 Å². The minimum Gasteiger partial charge on any atom is -0.324 e. The average Bonchev–Trinajstić information content (AvgIpc) is 3.11. The maximum atomic E-state index is 13.2. The molecule has 1 fully saturated rings. The largest absolute Gasteiger partial charge is 0.325 e. The highest BCUT2D eigenvalue weighted by Crippen LogP contribution is 2.41. The molecule has 138 valence electrons. The van der Waals surface area contributed by atoms with Crippen LogP contribution in [0.5, 0.6) is 0 Å². The third-order valence-electron chi connectivity index (χ3n) is 5.19. The van der Waals surface area contributed by atoms with Gasteiger partial charge in [0.05, 0.1) is 0 Å². The van der Waals surface area contributed by atoms with Gasteiger partial charge in [0.15, 0.2) is 0 Å². The second-order valence-corrected chi connectivity index (χ2v) is 6.89. The van der Waals surface area contributed by atoms with Crippen molar-refractivity contribution in [2.75, 3.05) is 11.9 Å². The van der Waals surface area contributed by atoms with E-state index in [1.54, 1.807) is 6.92 Å². The van der Waals surface area contributed by atoms with Gasteiger partial charge in [0.1, 0.15) is 17.9 Å². The number of imide groups is 1. The molecule has 4 amide bonds. The molecule has 0 radical (unpaired) electrons. The molecule has 1 aliphatic carbocycles. The van der Waals surface area contributed by atoms with Gasteiger partial charge in [0.25, 0.3) is 5.91 Å². The van der Waals surface area contributed by atoms with Crippen LogP contribution >= 0.6 is 0 Å². The van der Waals surface area contributed by atoms with Crippen LogP contribution in [0.4, 0.5) is 14.9 Å². The van der Waals surface area contributed by atoms with E-state index in [2.05, 4.69) is 10.6 Å². The minimum absolute atomic E-state index is 0.397. The SMILES string of the molecule is Cc1cc(F)ccc1NC(=O)CN1C(=O)N[C@]2(CCc3ccccc32)C1=O. The van der Waals surface area contributed by atoms with Gasteiger partial charge in [-0.15, -0.1) is 0 Å². The highest BCUT2D eigenvalue weighted by molar-refractivity contribution is 6.11. The van der Waals surface area contributed by atoms with Crippen molar-refractivity contribution in [2.45, 2.75) is 25.3 Å². The summed E-state index contributed by atoms with van der Waals surface area (Å²) in [7, 11) is 0. The Hall–Kier alpha value is -3.22. The summed E-state index contributed by atoms with van der Waals surface area (Å²) in [6.45, 7) is 1.27. The van der Waals surface area contributed by atoms with Crippen LogP contribution in [0.15, 0.2) is 42.5 Å². The molecule has 1 atom stereocenters. The zero-order chi connectivity index (χ0) is 19.2. The lowest BCUT2D eigenvalue weighted by molar-refractivity contribution is -0.134. The van der Waals surface area contributed by atoms with Crippen molar-refractivity contribution in [1.82, 2.24) is 10.2 Å². The maximum absolute atomic E-state index is 13.2. The van der Waals surface area contributed by atoms with Gasteiger partial charge in [0.2, 0.25) is 5.91 Å². The quantitative estimate of drug-likeness (QED) is 0.818. The van der Waals surface area contributed by atoms with Crippen LogP contribution in [0.2, 0.25) is 0 Å². The summed E-state index contributed by atoms with van der Waals surface area (Å²) in [5.41, 5.74) is 1.73. The molecule has 1 aliphatic heterocycles. The van der Waals surface area contributed by atoms with Gasteiger partial charge in [-0.1, -0.05) is 24.3 Å². The summed E-state index contributed by atoms with van der Waals surface area (Å²) in [5.74, 6) is -1.33. The average molecular weight is 367 g/mol. The van der Waals surface area contributed by atoms with Crippen molar-refractivity contribution >= 4 is 23.5 Å². The number of urea groups is 1. The summed E-state index contributed by atoms with van der Waals surface area (Å²) < 4.78 is 13.2. The van der Waals surface area contributed by atoms with Gasteiger partial charge in [-0.05, 0) is 54.7 Å². The molecule has 1 spiro atoms. The molecule has 1 heterocycles. The summed E-state index contributed by atoms with van der Waals surface area (Å²) in [6.07, 6.45) is 1.17. The van der Waals surface area contributed by atoms with E-state index in [4.69, 9.17) is 0 Å². The highest BCUT2D eigenvalue weighted by Gasteiger charge is 2.55. The first-order valence-corrected chi connectivity index (χ1v) is 8.69. The molecule has 2 aromatic rings. The lowest BCUT2D eigenvalue weighted by Crippen LogP contribution is -2.43. The second kappa shape index (κ2) is 6.19. The first kappa shape index (κ1) is 17.2. The Morgan fingerprint density at radius 1 is 1.26 bits per heavy atom. The Labute approximate surface area is 155 Å². The summed E-state index contributed by atoms with van der Waals surface area (Å²) in [6, 6.07) is 10.9. The molecule has 0 aromatic heterocycles. The summed E-state index contributed by atoms with van der Waals surface area (Å²) in [4.78, 5) is 38.7. The zero-order valence-corrected chi connectivity index (χ0v) is 14.7. The van der Waals surface area contributed by atoms with Crippen LogP contribution in [0.3, 0.4) is 0 Å². The van der Waals surface area contributed by atoms with E-state index in [0.29, 0.717) is 24.1 Å². The number of hydrogen-bond acceptors (Lipinski definition) is 3. The summed E-state index contributed by atoms with van der Waals surface area (Å²) >= 11 is 0. The molecule has 0 saturated carbocycles. The molecule has 2 aliphatic rings. The van der Waals surface area contributed by atoms with Crippen LogP contribution in [-0.4, -0.2) is 29.3 Å². The summed E-state index contributed by atoms with van der Waals surface area (Å²) in [5, 5.41) is 5.41. The Morgan fingerprint density at radius 2 is 2.04 bits per heavy atom. The number of nitrogens with zero attached hydrogens (tertiary/aromatic N) is 1. The van der Waals surface area contributed by atoms with Crippen molar-refractivity contribution in [3.63, 3.8) is 0 Å². The number of nitrogens with one attached hydrogen (secondary N) is 2. The fourth-order valence-corrected chi connectivity index (χ4v) is 3.83.